The molecule has 1 aliphatic heterocycles. The van der Waals surface area contributed by atoms with Crippen molar-refractivity contribution < 1.29 is 4.74 Å². The van der Waals surface area contributed by atoms with Crippen LogP contribution in [-0.4, -0.2) is 25.8 Å². The highest BCUT2D eigenvalue weighted by atomic mass is 16.5. The molecule has 0 spiro atoms. The first kappa shape index (κ1) is 13.6. The molecule has 1 unspecified atom stereocenters. The van der Waals surface area contributed by atoms with Crippen molar-refractivity contribution in [1.82, 2.24) is 5.32 Å². The second-order valence-corrected chi connectivity index (χ2v) is 5.94. The lowest BCUT2D eigenvalue weighted by atomic mass is 9.79. The molecule has 1 fully saturated rings. The van der Waals surface area contributed by atoms with Gasteiger partial charge in [-0.05, 0) is 30.9 Å². The van der Waals surface area contributed by atoms with E-state index in [0.29, 0.717) is 6.04 Å². The standard InChI is InChI=1S/C16H25NO/c1-13(2)17-11-16(8-9-18-12-16)10-15-7-5-4-6-14(15)3/h4-7,13,17H,8-12H2,1-3H3. The Balaban J connectivity index is 2.08. The van der Waals surface area contributed by atoms with Gasteiger partial charge in [-0.2, -0.15) is 0 Å². The molecule has 0 amide bonds. The number of hydrogen-bond acceptors (Lipinski definition) is 2. The summed E-state index contributed by atoms with van der Waals surface area (Å²) < 4.78 is 5.66. The molecule has 0 aliphatic carbocycles. The zero-order valence-corrected chi connectivity index (χ0v) is 11.8. The molecule has 1 aromatic carbocycles. The van der Waals surface area contributed by atoms with Gasteiger partial charge in [0.15, 0.2) is 0 Å². The largest absolute Gasteiger partial charge is 0.381 e. The Morgan fingerprint density at radius 3 is 2.72 bits per heavy atom. The molecular weight excluding hydrogens is 222 g/mol. The van der Waals surface area contributed by atoms with E-state index >= 15 is 0 Å². The molecule has 18 heavy (non-hydrogen) atoms. The maximum absolute atomic E-state index is 5.66. The zero-order valence-electron chi connectivity index (χ0n) is 11.8. The van der Waals surface area contributed by atoms with Crippen molar-refractivity contribution >= 4 is 0 Å². The Morgan fingerprint density at radius 1 is 1.33 bits per heavy atom. The Morgan fingerprint density at radius 2 is 2.11 bits per heavy atom. The summed E-state index contributed by atoms with van der Waals surface area (Å²) in [4.78, 5) is 0. The fourth-order valence-electron chi connectivity index (χ4n) is 2.62. The van der Waals surface area contributed by atoms with Crippen LogP contribution in [0.3, 0.4) is 0 Å². The molecule has 1 aromatic rings. The Labute approximate surface area is 111 Å². The van der Waals surface area contributed by atoms with Crippen LogP contribution in [0, 0.1) is 12.3 Å². The molecule has 0 saturated carbocycles. The van der Waals surface area contributed by atoms with Crippen molar-refractivity contribution in [2.24, 2.45) is 5.41 Å². The first-order chi connectivity index (χ1) is 8.61. The summed E-state index contributed by atoms with van der Waals surface area (Å²) in [6.45, 7) is 9.47. The van der Waals surface area contributed by atoms with E-state index < -0.39 is 0 Å². The maximum Gasteiger partial charge on any atom is 0.0538 e. The van der Waals surface area contributed by atoms with Crippen LogP contribution in [-0.2, 0) is 11.2 Å². The van der Waals surface area contributed by atoms with Crippen LogP contribution in [0.25, 0.3) is 0 Å². The zero-order chi connectivity index (χ0) is 13.0. The van der Waals surface area contributed by atoms with Crippen LogP contribution in [0.5, 0.6) is 0 Å². The lowest BCUT2D eigenvalue weighted by Crippen LogP contribution is -2.39. The van der Waals surface area contributed by atoms with Crippen LogP contribution >= 0.6 is 0 Å². The lowest BCUT2D eigenvalue weighted by molar-refractivity contribution is 0.148. The van der Waals surface area contributed by atoms with Crippen LogP contribution in [0.15, 0.2) is 24.3 Å². The minimum Gasteiger partial charge on any atom is -0.381 e. The topological polar surface area (TPSA) is 21.3 Å². The van der Waals surface area contributed by atoms with Gasteiger partial charge < -0.3 is 10.1 Å². The fourth-order valence-corrected chi connectivity index (χ4v) is 2.62. The third-order valence-electron chi connectivity index (χ3n) is 3.90. The van der Waals surface area contributed by atoms with E-state index in [4.69, 9.17) is 4.74 Å². The number of nitrogens with one attached hydrogen (secondary N) is 1. The predicted octanol–water partition coefficient (Wildman–Crippen LogP) is 2.94. The van der Waals surface area contributed by atoms with Gasteiger partial charge in [0, 0.05) is 24.6 Å². The normalized spacial score (nSPS) is 23.8. The first-order valence-corrected chi connectivity index (χ1v) is 6.97. The molecule has 100 valence electrons. The van der Waals surface area contributed by atoms with Gasteiger partial charge in [0.2, 0.25) is 0 Å². The Kier molecular flexibility index (Phi) is 4.41. The summed E-state index contributed by atoms with van der Waals surface area (Å²) >= 11 is 0. The van der Waals surface area contributed by atoms with Gasteiger partial charge in [0.05, 0.1) is 6.61 Å². The third-order valence-corrected chi connectivity index (χ3v) is 3.90. The summed E-state index contributed by atoms with van der Waals surface area (Å²) in [6, 6.07) is 9.25. The van der Waals surface area contributed by atoms with Gasteiger partial charge in [-0.15, -0.1) is 0 Å². The van der Waals surface area contributed by atoms with Gasteiger partial charge in [-0.1, -0.05) is 38.1 Å². The summed E-state index contributed by atoms with van der Waals surface area (Å²) in [5.41, 5.74) is 3.15. The average Bonchev–Trinajstić information content (AvgIpc) is 2.79. The summed E-state index contributed by atoms with van der Waals surface area (Å²) in [7, 11) is 0. The van der Waals surface area contributed by atoms with Gasteiger partial charge in [-0.3, -0.25) is 0 Å². The van der Waals surface area contributed by atoms with Gasteiger partial charge in [-0.25, -0.2) is 0 Å². The highest BCUT2D eigenvalue weighted by molar-refractivity contribution is 5.27. The fraction of sp³-hybridized carbons (Fsp3) is 0.625. The van der Waals surface area contributed by atoms with E-state index in [0.717, 1.165) is 26.2 Å². The minimum absolute atomic E-state index is 0.288. The quantitative estimate of drug-likeness (QED) is 0.864. The van der Waals surface area contributed by atoms with Crippen molar-refractivity contribution in [3.8, 4) is 0 Å². The van der Waals surface area contributed by atoms with Crippen LogP contribution in [0.4, 0.5) is 0 Å². The molecule has 1 atom stereocenters. The van der Waals surface area contributed by atoms with Crippen molar-refractivity contribution in [1.29, 1.82) is 0 Å². The third kappa shape index (κ3) is 3.33. The van der Waals surface area contributed by atoms with Crippen molar-refractivity contribution in [2.45, 2.75) is 39.7 Å². The molecule has 2 nitrogen and oxygen atoms in total. The van der Waals surface area contributed by atoms with Crippen LogP contribution < -0.4 is 5.32 Å². The Hall–Kier alpha value is -0.860. The highest BCUT2D eigenvalue weighted by Gasteiger charge is 2.35. The number of ether oxygens (including phenoxy) is 1. The molecule has 0 radical (unpaired) electrons. The number of hydrogen-bond donors (Lipinski definition) is 1. The Bertz CT molecular complexity index is 380. The van der Waals surface area contributed by atoms with E-state index in [-0.39, 0.29) is 5.41 Å². The molecular formula is C16H25NO. The van der Waals surface area contributed by atoms with Crippen molar-refractivity contribution in [3.05, 3.63) is 35.4 Å². The smallest absolute Gasteiger partial charge is 0.0538 e. The van der Waals surface area contributed by atoms with Gasteiger partial charge in [0.1, 0.15) is 0 Å². The highest BCUT2D eigenvalue weighted by Crippen LogP contribution is 2.33. The maximum atomic E-state index is 5.66. The number of benzene rings is 1. The number of rotatable bonds is 5. The van der Waals surface area contributed by atoms with Crippen molar-refractivity contribution in [2.75, 3.05) is 19.8 Å². The van der Waals surface area contributed by atoms with Gasteiger partial charge >= 0.3 is 0 Å². The van der Waals surface area contributed by atoms with Gasteiger partial charge in [0.25, 0.3) is 0 Å². The number of aryl methyl sites for hydroxylation is 1. The molecule has 1 N–H and O–H groups in total. The molecule has 0 aromatic heterocycles. The minimum atomic E-state index is 0.288. The van der Waals surface area contributed by atoms with E-state index in [1.807, 2.05) is 0 Å². The average molecular weight is 247 g/mol. The molecule has 1 heterocycles. The predicted molar refractivity (Wildman–Crippen MR) is 75.9 cm³/mol. The summed E-state index contributed by atoms with van der Waals surface area (Å²) in [6.07, 6.45) is 2.29. The lowest BCUT2D eigenvalue weighted by Gasteiger charge is -2.29. The SMILES string of the molecule is Cc1ccccc1CC1(CNC(C)C)CCOC1. The summed E-state index contributed by atoms with van der Waals surface area (Å²) in [5, 5.41) is 3.59. The van der Waals surface area contributed by atoms with Crippen LogP contribution in [0.1, 0.15) is 31.4 Å². The second-order valence-electron chi connectivity index (χ2n) is 5.94. The molecule has 2 heteroatoms. The van der Waals surface area contributed by atoms with E-state index in [2.05, 4.69) is 50.4 Å². The summed E-state index contributed by atoms with van der Waals surface area (Å²) in [5.74, 6) is 0. The van der Waals surface area contributed by atoms with Crippen molar-refractivity contribution in [3.63, 3.8) is 0 Å². The van der Waals surface area contributed by atoms with Crippen LogP contribution in [0.2, 0.25) is 0 Å². The monoisotopic (exact) mass is 247 g/mol. The molecule has 1 aliphatic rings. The molecule has 1 saturated heterocycles. The van der Waals surface area contributed by atoms with E-state index in [1.165, 1.54) is 17.5 Å². The molecule has 0 bridgehead atoms. The van der Waals surface area contributed by atoms with E-state index in [9.17, 15) is 0 Å². The first-order valence-electron chi connectivity index (χ1n) is 6.97. The van der Waals surface area contributed by atoms with E-state index in [1.54, 1.807) is 0 Å². The second kappa shape index (κ2) is 5.85. The molecule has 2 rings (SSSR count).